The molecule has 0 aromatic heterocycles. The van der Waals surface area contributed by atoms with Crippen LogP contribution in [-0.2, 0) is 10.0 Å². The number of hydrogen-bond acceptors (Lipinski definition) is 4. The molecule has 1 aromatic rings. The minimum absolute atomic E-state index is 0.0177. The molecule has 22 heavy (non-hydrogen) atoms. The molecule has 6 nitrogen and oxygen atoms in total. The molecule has 0 atom stereocenters. The highest BCUT2D eigenvalue weighted by Gasteiger charge is 2.22. The number of sulfonamides is 1. The minimum Gasteiger partial charge on any atom is -0.495 e. The van der Waals surface area contributed by atoms with E-state index in [0.717, 1.165) is 25.7 Å². The molecule has 2 N–H and O–H groups in total. The predicted octanol–water partition coefficient (Wildman–Crippen LogP) is 1.67. The highest BCUT2D eigenvalue weighted by Crippen LogP contribution is 2.25. The lowest BCUT2D eigenvalue weighted by Gasteiger charge is -2.14. The number of nitrogens with one attached hydrogen (secondary N) is 2. The van der Waals surface area contributed by atoms with Crippen LogP contribution in [0.5, 0.6) is 5.75 Å². The topological polar surface area (TPSA) is 84.5 Å². The van der Waals surface area contributed by atoms with Crippen molar-refractivity contribution in [3.05, 3.63) is 23.8 Å². The molecule has 7 heteroatoms. The van der Waals surface area contributed by atoms with E-state index in [4.69, 9.17) is 4.74 Å². The molecule has 0 saturated heterocycles. The van der Waals surface area contributed by atoms with Gasteiger partial charge in [0.1, 0.15) is 10.6 Å². The Morgan fingerprint density at radius 3 is 2.59 bits per heavy atom. The van der Waals surface area contributed by atoms with E-state index in [-0.39, 0.29) is 29.1 Å². The fourth-order valence-electron chi connectivity index (χ4n) is 2.63. The van der Waals surface area contributed by atoms with Crippen LogP contribution in [-0.4, -0.2) is 34.0 Å². The first-order valence-corrected chi connectivity index (χ1v) is 8.95. The average molecular weight is 326 g/mol. The largest absolute Gasteiger partial charge is 0.495 e. The Labute approximate surface area is 131 Å². The molecule has 0 heterocycles. The second-order valence-electron chi connectivity index (χ2n) is 5.32. The molecule has 1 fully saturated rings. The molecular formula is C15H22N2O4S. The number of rotatable bonds is 6. The van der Waals surface area contributed by atoms with Gasteiger partial charge in [-0.1, -0.05) is 19.8 Å². The van der Waals surface area contributed by atoms with Crippen molar-refractivity contribution in [1.82, 2.24) is 10.0 Å². The standard InChI is InChI=1S/C15H22N2O4S/c1-3-16-22(19,20)14-10-11(8-9-13(14)21-2)15(18)17-12-6-4-5-7-12/h8-10,12,16H,3-7H2,1-2H3,(H,17,18). The average Bonchev–Trinajstić information content (AvgIpc) is 2.99. The summed E-state index contributed by atoms with van der Waals surface area (Å²) in [5.41, 5.74) is 0.323. The van der Waals surface area contributed by atoms with Gasteiger partial charge in [0.2, 0.25) is 10.0 Å². The second kappa shape index (κ2) is 7.11. The van der Waals surface area contributed by atoms with Crippen LogP contribution in [0.4, 0.5) is 0 Å². The van der Waals surface area contributed by atoms with Gasteiger partial charge in [0.05, 0.1) is 7.11 Å². The van der Waals surface area contributed by atoms with Gasteiger partial charge in [-0.15, -0.1) is 0 Å². The first kappa shape index (κ1) is 16.8. The van der Waals surface area contributed by atoms with Crippen LogP contribution >= 0.6 is 0 Å². The summed E-state index contributed by atoms with van der Waals surface area (Å²) in [4.78, 5) is 12.3. The van der Waals surface area contributed by atoms with Crippen LogP contribution in [0.1, 0.15) is 43.0 Å². The minimum atomic E-state index is -3.69. The maximum Gasteiger partial charge on any atom is 0.251 e. The van der Waals surface area contributed by atoms with E-state index >= 15 is 0 Å². The number of amides is 1. The number of carbonyl (C=O) groups is 1. The van der Waals surface area contributed by atoms with Gasteiger partial charge in [-0.25, -0.2) is 13.1 Å². The lowest BCUT2D eigenvalue weighted by Crippen LogP contribution is -2.32. The Balaban J connectivity index is 2.28. The molecular weight excluding hydrogens is 304 g/mol. The Morgan fingerprint density at radius 1 is 1.32 bits per heavy atom. The van der Waals surface area contributed by atoms with Crippen LogP contribution in [0.2, 0.25) is 0 Å². The van der Waals surface area contributed by atoms with Crippen molar-refractivity contribution in [3.63, 3.8) is 0 Å². The number of hydrogen-bond donors (Lipinski definition) is 2. The van der Waals surface area contributed by atoms with Crippen LogP contribution in [0.15, 0.2) is 23.1 Å². The van der Waals surface area contributed by atoms with E-state index in [9.17, 15) is 13.2 Å². The molecule has 1 saturated carbocycles. The van der Waals surface area contributed by atoms with Gasteiger partial charge in [-0.2, -0.15) is 0 Å². The van der Waals surface area contributed by atoms with Crippen molar-refractivity contribution in [1.29, 1.82) is 0 Å². The first-order chi connectivity index (χ1) is 10.5. The Morgan fingerprint density at radius 2 is 2.00 bits per heavy atom. The maximum absolute atomic E-state index is 12.3. The molecule has 1 aromatic carbocycles. The van der Waals surface area contributed by atoms with Gasteiger partial charge < -0.3 is 10.1 Å². The monoisotopic (exact) mass is 326 g/mol. The predicted molar refractivity (Wildman–Crippen MR) is 83.6 cm³/mol. The third kappa shape index (κ3) is 3.78. The molecule has 2 rings (SSSR count). The van der Waals surface area contributed by atoms with Crippen molar-refractivity contribution in [2.75, 3.05) is 13.7 Å². The summed E-state index contributed by atoms with van der Waals surface area (Å²) in [6, 6.07) is 4.63. The molecule has 0 unspecified atom stereocenters. The number of carbonyl (C=O) groups excluding carboxylic acids is 1. The normalized spacial score (nSPS) is 15.7. The highest BCUT2D eigenvalue weighted by atomic mass is 32.2. The summed E-state index contributed by atoms with van der Waals surface area (Å²) in [5, 5.41) is 2.95. The van der Waals surface area contributed by atoms with E-state index in [1.165, 1.54) is 19.2 Å². The lowest BCUT2D eigenvalue weighted by molar-refractivity contribution is 0.0937. The van der Waals surface area contributed by atoms with Crippen molar-refractivity contribution < 1.29 is 17.9 Å². The van der Waals surface area contributed by atoms with Crippen molar-refractivity contribution in [3.8, 4) is 5.75 Å². The first-order valence-electron chi connectivity index (χ1n) is 7.46. The molecule has 0 bridgehead atoms. The zero-order valence-electron chi connectivity index (χ0n) is 12.9. The smallest absolute Gasteiger partial charge is 0.251 e. The Bertz CT molecular complexity index is 637. The van der Waals surface area contributed by atoms with Gasteiger partial charge >= 0.3 is 0 Å². The quantitative estimate of drug-likeness (QED) is 0.833. The van der Waals surface area contributed by atoms with Crippen LogP contribution in [0, 0.1) is 0 Å². The molecule has 1 aliphatic rings. The van der Waals surface area contributed by atoms with Gasteiger partial charge in [0.15, 0.2) is 0 Å². The van der Waals surface area contributed by atoms with Crippen molar-refractivity contribution >= 4 is 15.9 Å². The molecule has 0 radical (unpaired) electrons. The van der Waals surface area contributed by atoms with Gasteiger partial charge in [0, 0.05) is 18.2 Å². The molecule has 1 aliphatic carbocycles. The van der Waals surface area contributed by atoms with Crippen molar-refractivity contribution in [2.45, 2.75) is 43.5 Å². The fourth-order valence-corrected chi connectivity index (χ4v) is 3.87. The van der Waals surface area contributed by atoms with Crippen LogP contribution in [0.3, 0.4) is 0 Å². The van der Waals surface area contributed by atoms with Gasteiger partial charge in [-0.3, -0.25) is 4.79 Å². The summed E-state index contributed by atoms with van der Waals surface area (Å²) < 4.78 is 31.9. The van der Waals surface area contributed by atoms with E-state index in [2.05, 4.69) is 10.0 Å². The SMILES string of the molecule is CCNS(=O)(=O)c1cc(C(=O)NC2CCCC2)ccc1OC. The molecule has 0 aliphatic heterocycles. The fraction of sp³-hybridized carbons (Fsp3) is 0.533. The second-order valence-corrected chi connectivity index (χ2v) is 7.06. The molecule has 122 valence electrons. The summed E-state index contributed by atoms with van der Waals surface area (Å²) in [7, 11) is -2.29. The zero-order valence-corrected chi connectivity index (χ0v) is 13.7. The number of ether oxygens (including phenoxy) is 1. The molecule has 0 spiro atoms. The van der Waals surface area contributed by atoms with Crippen LogP contribution in [0.25, 0.3) is 0 Å². The van der Waals surface area contributed by atoms with Gasteiger partial charge in [0.25, 0.3) is 5.91 Å². The Kier molecular flexibility index (Phi) is 5.42. The lowest BCUT2D eigenvalue weighted by atomic mass is 10.1. The number of benzene rings is 1. The highest BCUT2D eigenvalue weighted by molar-refractivity contribution is 7.89. The van der Waals surface area contributed by atoms with Crippen LogP contribution < -0.4 is 14.8 Å². The maximum atomic E-state index is 12.3. The Hall–Kier alpha value is -1.60. The van der Waals surface area contributed by atoms with E-state index in [1.54, 1.807) is 13.0 Å². The molecule has 1 amide bonds. The van der Waals surface area contributed by atoms with Crippen molar-refractivity contribution in [2.24, 2.45) is 0 Å². The number of methoxy groups -OCH3 is 1. The van der Waals surface area contributed by atoms with E-state index in [0.29, 0.717) is 5.56 Å². The summed E-state index contributed by atoms with van der Waals surface area (Å²) >= 11 is 0. The summed E-state index contributed by atoms with van der Waals surface area (Å²) in [6.45, 7) is 1.96. The van der Waals surface area contributed by atoms with E-state index < -0.39 is 10.0 Å². The third-order valence-corrected chi connectivity index (χ3v) is 5.31. The van der Waals surface area contributed by atoms with E-state index in [1.807, 2.05) is 0 Å². The van der Waals surface area contributed by atoms with Gasteiger partial charge in [-0.05, 0) is 31.0 Å². The summed E-state index contributed by atoms with van der Waals surface area (Å²) in [5.74, 6) is -0.0270. The zero-order chi connectivity index (χ0) is 16.2. The summed E-state index contributed by atoms with van der Waals surface area (Å²) in [6.07, 6.45) is 4.19. The third-order valence-electron chi connectivity index (χ3n) is 3.74.